The standard InChI is InChI=1S/C17H24N4O3/c1-11(2)21-9-14-8-20(5-4-15(14)24-10-16(21)22)17(23)13-6-18-12(3)19-7-13/h6-7,11,14-15H,4-5,8-10H2,1-3H3/t14-,15+/m1/s1. The van der Waals surface area contributed by atoms with Crippen molar-refractivity contribution < 1.29 is 14.3 Å². The third-order valence-corrected chi connectivity index (χ3v) is 4.78. The number of likely N-dealkylation sites (tertiary alicyclic amines) is 1. The van der Waals surface area contributed by atoms with E-state index in [4.69, 9.17) is 4.74 Å². The minimum atomic E-state index is -0.0554. The van der Waals surface area contributed by atoms with Gasteiger partial charge in [0, 0.05) is 44.0 Å². The van der Waals surface area contributed by atoms with E-state index in [1.807, 2.05) is 23.6 Å². The number of nitrogens with zero attached hydrogens (tertiary/aromatic N) is 4. The van der Waals surface area contributed by atoms with Crippen molar-refractivity contribution in [1.82, 2.24) is 19.8 Å². The van der Waals surface area contributed by atoms with Crippen molar-refractivity contribution in [2.45, 2.75) is 39.3 Å². The number of hydrogen-bond donors (Lipinski definition) is 0. The molecule has 3 heterocycles. The smallest absolute Gasteiger partial charge is 0.257 e. The Kier molecular flexibility index (Phi) is 4.80. The Morgan fingerprint density at radius 2 is 2.00 bits per heavy atom. The second-order valence-electron chi connectivity index (χ2n) is 6.81. The lowest BCUT2D eigenvalue weighted by atomic mass is 9.93. The Bertz CT molecular complexity index is 617. The summed E-state index contributed by atoms with van der Waals surface area (Å²) in [5.41, 5.74) is 0.505. The molecule has 0 N–H and O–H groups in total. The Morgan fingerprint density at radius 3 is 2.67 bits per heavy atom. The average molecular weight is 332 g/mol. The molecule has 7 heteroatoms. The van der Waals surface area contributed by atoms with Crippen molar-refractivity contribution in [2.24, 2.45) is 5.92 Å². The zero-order chi connectivity index (χ0) is 17.3. The molecule has 1 aromatic heterocycles. The first kappa shape index (κ1) is 16.8. The SMILES string of the molecule is Cc1ncc(C(=O)N2CC[C@@H]3OCC(=O)N(C(C)C)C[C@H]3C2)cn1. The van der Waals surface area contributed by atoms with Crippen molar-refractivity contribution >= 4 is 11.8 Å². The molecule has 0 radical (unpaired) electrons. The molecule has 2 atom stereocenters. The third kappa shape index (κ3) is 3.40. The third-order valence-electron chi connectivity index (χ3n) is 4.78. The number of amides is 2. The molecule has 0 aliphatic carbocycles. The normalized spacial score (nSPS) is 24.8. The van der Waals surface area contributed by atoms with Crippen LogP contribution in [-0.4, -0.2) is 70.0 Å². The van der Waals surface area contributed by atoms with Crippen LogP contribution < -0.4 is 0 Å². The number of fused-ring (bicyclic) bond motifs is 1. The topological polar surface area (TPSA) is 75.6 Å². The number of carbonyl (C=O) groups is 2. The fourth-order valence-electron chi connectivity index (χ4n) is 3.39. The minimum Gasteiger partial charge on any atom is -0.368 e. The first-order chi connectivity index (χ1) is 11.5. The Labute approximate surface area is 142 Å². The van der Waals surface area contributed by atoms with Crippen LogP contribution in [0.15, 0.2) is 12.4 Å². The number of ether oxygens (including phenoxy) is 1. The van der Waals surface area contributed by atoms with E-state index in [1.165, 1.54) is 0 Å². The van der Waals surface area contributed by atoms with E-state index in [9.17, 15) is 9.59 Å². The second-order valence-corrected chi connectivity index (χ2v) is 6.81. The van der Waals surface area contributed by atoms with Gasteiger partial charge in [-0.05, 0) is 27.2 Å². The molecule has 2 saturated heterocycles. The molecule has 2 amide bonds. The Morgan fingerprint density at radius 1 is 1.29 bits per heavy atom. The highest BCUT2D eigenvalue weighted by atomic mass is 16.5. The summed E-state index contributed by atoms with van der Waals surface area (Å²) < 4.78 is 5.80. The second kappa shape index (κ2) is 6.84. The molecule has 2 aliphatic rings. The van der Waals surface area contributed by atoms with Gasteiger partial charge in [-0.3, -0.25) is 9.59 Å². The molecule has 0 aromatic carbocycles. The first-order valence-corrected chi connectivity index (χ1v) is 8.44. The molecule has 130 valence electrons. The van der Waals surface area contributed by atoms with Gasteiger partial charge in [0.2, 0.25) is 5.91 Å². The lowest BCUT2D eigenvalue weighted by molar-refractivity contribution is -0.136. The average Bonchev–Trinajstić information content (AvgIpc) is 2.74. The van der Waals surface area contributed by atoms with E-state index < -0.39 is 0 Å². The number of aryl methyl sites for hydroxylation is 1. The molecule has 0 saturated carbocycles. The van der Waals surface area contributed by atoms with Crippen LogP contribution in [0.25, 0.3) is 0 Å². The maximum atomic E-state index is 12.7. The van der Waals surface area contributed by atoms with E-state index >= 15 is 0 Å². The summed E-state index contributed by atoms with van der Waals surface area (Å²) >= 11 is 0. The van der Waals surface area contributed by atoms with E-state index in [0.29, 0.717) is 31.0 Å². The molecule has 2 fully saturated rings. The predicted molar refractivity (Wildman–Crippen MR) is 87.4 cm³/mol. The van der Waals surface area contributed by atoms with Crippen LogP contribution in [0, 0.1) is 12.8 Å². The number of hydrogen-bond acceptors (Lipinski definition) is 5. The molecule has 3 rings (SSSR count). The first-order valence-electron chi connectivity index (χ1n) is 8.44. The molecule has 7 nitrogen and oxygen atoms in total. The van der Waals surface area contributed by atoms with Crippen LogP contribution in [0.3, 0.4) is 0 Å². The quantitative estimate of drug-likeness (QED) is 0.804. The summed E-state index contributed by atoms with van der Waals surface area (Å²) in [6.07, 6.45) is 3.94. The predicted octanol–water partition coefficient (Wildman–Crippen LogP) is 0.883. The van der Waals surface area contributed by atoms with Crippen molar-refractivity contribution in [3.05, 3.63) is 23.8 Å². The minimum absolute atomic E-state index is 0.0317. The van der Waals surface area contributed by atoms with Crippen LogP contribution in [0.1, 0.15) is 36.5 Å². The zero-order valence-corrected chi connectivity index (χ0v) is 14.4. The van der Waals surface area contributed by atoms with Crippen LogP contribution in [0.5, 0.6) is 0 Å². The molecule has 0 spiro atoms. The molecule has 2 aliphatic heterocycles. The highest BCUT2D eigenvalue weighted by molar-refractivity contribution is 5.93. The van der Waals surface area contributed by atoms with Gasteiger partial charge < -0.3 is 14.5 Å². The van der Waals surface area contributed by atoms with Gasteiger partial charge in [0.25, 0.3) is 5.91 Å². The van der Waals surface area contributed by atoms with Crippen LogP contribution in [0.4, 0.5) is 0 Å². The zero-order valence-electron chi connectivity index (χ0n) is 14.4. The molecular formula is C17H24N4O3. The van der Waals surface area contributed by atoms with Crippen LogP contribution in [-0.2, 0) is 9.53 Å². The van der Waals surface area contributed by atoms with Gasteiger partial charge in [-0.2, -0.15) is 0 Å². The van der Waals surface area contributed by atoms with Gasteiger partial charge in [-0.1, -0.05) is 0 Å². The van der Waals surface area contributed by atoms with Gasteiger partial charge >= 0.3 is 0 Å². The number of carbonyl (C=O) groups excluding carboxylic acids is 2. The summed E-state index contributed by atoms with van der Waals surface area (Å²) in [6.45, 7) is 7.80. The van der Waals surface area contributed by atoms with E-state index in [0.717, 1.165) is 6.42 Å². The van der Waals surface area contributed by atoms with Crippen LogP contribution >= 0.6 is 0 Å². The van der Waals surface area contributed by atoms with Gasteiger partial charge in [-0.25, -0.2) is 9.97 Å². The highest BCUT2D eigenvalue weighted by Gasteiger charge is 2.37. The molecule has 0 bridgehead atoms. The lowest BCUT2D eigenvalue weighted by Crippen LogP contribution is -2.50. The summed E-state index contributed by atoms with van der Waals surface area (Å²) in [4.78, 5) is 36.7. The van der Waals surface area contributed by atoms with Crippen molar-refractivity contribution in [2.75, 3.05) is 26.2 Å². The molecule has 0 unspecified atom stereocenters. The number of aromatic nitrogens is 2. The van der Waals surface area contributed by atoms with Gasteiger partial charge in [0.15, 0.2) is 0 Å². The summed E-state index contributed by atoms with van der Waals surface area (Å²) in [5.74, 6) is 0.765. The van der Waals surface area contributed by atoms with Gasteiger partial charge in [0.05, 0.1) is 11.7 Å². The lowest BCUT2D eigenvalue weighted by Gasteiger charge is -2.38. The fourth-order valence-corrected chi connectivity index (χ4v) is 3.39. The maximum Gasteiger partial charge on any atom is 0.257 e. The number of rotatable bonds is 2. The Balaban J connectivity index is 1.72. The van der Waals surface area contributed by atoms with Crippen molar-refractivity contribution in [3.63, 3.8) is 0 Å². The fraction of sp³-hybridized carbons (Fsp3) is 0.647. The van der Waals surface area contributed by atoms with Crippen molar-refractivity contribution in [3.8, 4) is 0 Å². The molecule has 1 aromatic rings. The van der Waals surface area contributed by atoms with E-state index in [2.05, 4.69) is 9.97 Å². The molecular weight excluding hydrogens is 308 g/mol. The summed E-state index contributed by atoms with van der Waals surface area (Å²) in [5, 5.41) is 0. The maximum absolute atomic E-state index is 12.7. The van der Waals surface area contributed by atoms with Crippen molar-refractivity contribution in [1.29, 1.82) is 0 Å². The number of piperidine rings is 1. The molecule has 24 heavy (non-hydrogen) atoms. The van der Waals surface area contributed by atoms with Gasteiger partial charge in [-0.15, -0.1) is 0 Å². The largest absolute Gasteiger partial charge is 0.368 e. The van der Waals surface area contributed by atoms with E-state index in [-0.39, 0.29) is 36.5 Å². The van der Waals surface area contributed by atoms with E-state index in [1.54, 1.807) is 19.3 Å². The van der Waals surface area contributed by atoms with Gasteiger partial charge in [0.1, 0.15) is 12.4 Å². The summed E-state index contributed by atoms with van der Waals surface area (Å²) in [7, 11) is 0. The van der Waals surface area contributed by atoms with Crippen LogP contribution in [0.2, 0.25) is 0 Å². The Hall–Kier alpha value is -2.02. The monoisotopic (exact) mass is 332 g/mol. The summed E-state index contributed by atoms with van der Waals surface area (Å²) in [6, 6.07) is 0.136. The highest BCUT2D eigenvalue weighted by Crippen LogP contribution is 2.26.